The van der Waals surface area contributed by atoms with Crippen molar-refractivity contribution in [3.05, 3.63) is 41.9 Å². The smallest absolute Gasteiger partial charge is 0.310 e. The zero-order valence-corrected chi connectivity index (χ0v) is 8.04. The van der Waals surface area contributed by atoms with Crippen LogP contribution in [0.2, 0.25) is 0 Å². The number of ether oxygens (including phenoxy) is 1. The van der Waals surface area contributed by atoms with Crippen LogP contribution >= 0.6 is 0 Å². The molecule has 1 aromatic heterocycles. The Morgan fingerprint density at radius 3 is 2.38 bits per heavy atom. The standard InChI is InChI=1S/C11H5N3O2/c12-4-8-2-1-3-9(5-13)11(8)16-10-6-14-7-15-10/h1-3,6-7H. The molecule has 0 N–H and O–H groups in total. The minimum atomic E-state index is 0.138. The molecule has 76 valence electrons. The van der Waals surface area contributed by atoms with Gasteiger partial charge in [0.2, 0.25) is 0 Å². The van der Waals surface area contributed by atoms with E-state index in [0.717, 1.165) is 0 Å². The lowest BCUT2D eigenvalue weighted by Crippen LogP contribution is -1.90. The highest BCUT2D eigenvalue weighted by Crippen LogP contribution is 2.28. The number of rotatable bonds is 2. The van der Waals surface area contributed by atoms with Crippen molar-refractivity contribution in [2.45, 2.75) is 0 Å². The molecule has 0 radical (unpaired) electrons. The molecule has 16 heavy (non-hydrogen) atoms. The Hall–Kier alpha value is -2.79. The van der Waals surface area contributed by atoms with Crippen LogP contribution in [0.4, 0.5) is 0 Å². The molecular formula is C11H5N3O2. The zero-order chi connectivity index (χ0) is 11.4. The number of nitriles is 2. The van der Waals surface area contributed by atoms with Crippen LogP contribution in [-0.2, 0) is 0 Å². The molecule has 0 unspecified atom stereocenters. The van der Waals surface area contributed by atoms with Crippen LogP contribution in [0.5, 0.6) is 11.7 Å². The molecule has 0 bridgehead atoms. The summed E-state index contributed by atoms with van der Waals surface area (Å²) >= 11 is 0. The van der Waals surface area contributed by atoms with Crippen LogP contribution in [0.3, 0.4) is 0 Å². The molecule has 5 nitrogen and oxygen atoms in total. The first kappa shape index (κ1) is 9.75. The lowest BCUT2D eigenvalue weighted by atomic mass is 10.1. The van der Waals surface area contributed by atoms with Gasteiger partial charge >= 0.3 is 5.95 Å². The van der Waals surface area contributed by atoms with Crippen molar-refractivity contribution in [1.82, 2.24) is 4.98 Å². The lowest BCUT2D eigenvalue weighted by Gasteiger charge is -2.04. The second-order valence-electron chi connectivity index (χ2n) is 2.83. The number of benzene rings is 1. The van der Waals surface area contributed by atoms with Crippen molar-refractivity contribution >= 4 is 0 Å². The molecule has 0 saturated heterocycles. The highest BCUT2D eigenvalue weighted by Gasteiger charge is 2.11. The molecule has 0 saturated carbocycles. The van der Waals surface area contributed by atoms with Gasteiger partial charge in [-0.15, -0.1) is 0 Å². The zero-order valence-electron chi connectivity index (χ0n) is 8.04. The van der Waals surface area contributed by atoms with Crippen molar-refractivity contribution in [1.29, 1.82) is 10.5 Å². The molecule has 0 fully saturated rings. The topological polar surface area (TPSA) is 82.8 Å². The molecule has 0 spiro atoms. The summed E-state index contributed by atoms with van der Waals surface area (Å²) in [4.78, 5) is 3.67. The van der Waals surface area contributed by atoms with E-state index in [2.05, 4.69) is 4.98 Å². The molecule has 0 aliphatic rings. The highest BCUT2D eigenvalue weighted by atomic mass is 16.6. The van der Waals surface area contributed by atoms with E-state index in [1.54, 1.807) is 18.2 Å². The maximum Gasteiger partial charge on any atom is 0.310 e. The third kappa shape index (κ3) is 1.70. The van der Waals surface area contributed by atoms with E-state index in [9.17, 15) is 0 Å². The summed E-state index contributed by atoms with van der Waals surface area (Å²) in [6.07, 6.45) is 2.56. The monoisotopic (exact) mass is 211 g/mol. The minimum absolute atomic E-state index is 0.138. The van der Waals surface area contributed by atoms with Crippen molar-refractivity contribution in [3.63, 3.8) is 0 Å². The largest absolute Gasteiger partial charge is 0.422 e. The van der Waals surface area contributed by atoms with Crippen LogP contribution in [0.15, 0.2) is 35.2 Å². The predicted octanol–water partition coefficient (Wildman–Crippen LogP) is 2.21. The van der Waals surface area contributed by atoms with E-state index in [0.29, 0.717) is 0 Å². The fraction of sp³-hybridized carbons (Fsp3) is 0. The summed E-state index contributed by atoms with van der Waals surface area (Å²) in [6.45, 7) is 0. The second kappa shape index (κ2) is 4.16. The van der Waals surface area contributed by atoms with E-state index in [-0.39, 0.29) is 22.8 Å². The third-order valence-corrected chi connectivity index (χ3v) is 1.87. The summed E-state index contributed by atoms with van der Waals surface area (Å²) in [5.74, 6) is 0.323. The quantitative estimate of drug-likeness (QED) is 0.760. The molecule has 5 heteroatoms. The Bertz CT molecular complexity index is 544. The second-order valence-corrected chi connectivity index (χ2v) is 2.83. The number of nitrogens with zero attached hydrogens (tertiary/aromatic N) is 3. The van der Waals surface area contributed by atoms with E-state index in [4.69, 9.17) is 19.7 Å². The molecule has 2 rings (SSSR count). The first-order chi connectivity index (χ1) is 7.85. The van der Waals surface area contributed by atoms with Gasteiger partial charge < -0.3 is 9.15 Å². The Kier molecular flexibility index (Phi) is 2.53. The van der Waals surface area contributed by atoms with E-state index >= 15 is 0 Å². The van der Waals surface area contributed by atoms with Gasteiger partial charge in [-0.05, 0) is 12.1 Å². The molecule has 0 amide bonds. The van der Waals surface area contributed by atoms with Gasteiger partial charge in [0, 0.05) is 0 Å². The Morgan fingerprint density at radius 2 is 1.88 bits per heavy atom. The van der Waals surface area contributed by atoms with Gasteiger partial charge in [-0.2, -0.15) is 10.5 Å². The summed E-state index contributed by atoms with van der Waals surface area (Å²) in [6, 6.07) is 8.63. The molecule has 0 atom stereocenters. The molecule has 2 aromatic rings. The molecule has 0 aliphatic carbocycles. The van der Waals surface area contributed by atoms with Crippen LogP contribution in [0, 0.1) is 22.7 Å². The van der Waals surface area contributed by atoms with Crippen LogP contribution in [0.1, 0.15) is 11.1 Å². The fourth-order valence-corrected chi connectivity index (χ4v) is 1.18. The van der Waals surface area contributed by atoms with Gasteiger partial charge in [0.1, 0.15) is 18.3 Å². The van der Waals surface area contributed by atoms with Gasteiger partial charge in [0.25, 0.3) is 0 Å². The summed E-state index contributed by atoms with van der Waals surface area (Å²) in [5, 5.41) is 17.8. The highest BCUT2D eigenvalue weighted by molar-refractivity contribution is 5.54. The summed E-state index contributed by atoms with van der Waals surface area (Å²) < 4.78 is 10.2. The van der Waals surface area contributed by atoms with Crippen LogP contribution < -0.4 is 4.74 Å². The third-order valence-electron chi connectivity index (χ3n) is 1.87. The molecule has 1 aromatic carbocycles. The van der Waals surface area contributed by atoms with Gasteiger partial charge in [-0.3, -0.25) is 0 Å². The van der Waals surface area contributed by atoms with Crippen molar-refractivity contribution < 1.29 is 9.15 Å². The first-order valence-corrected chi connectivity index (χ1v) is 4.34. The first-order valence-electron chi connectivity index (χ1n) is 4.34. The average molecular weight is 211 g/mol. The SMILES string of the molecule is N#Cc1cccc(C#N)c1Oc1cnco1. The van der Waals surface area contributed by atoms with E-state index in [1.807, 2.05) is 12.1 Å². The number of hydrogen-bond acceptors (Lipinski definition) is 5. The van der Waals surface area contributed by atoms with Gasteiger partial charge in [-0.1, -0.05) is 6.07 Å². The number of hydrogen-bond donors (Lipinski definition) is 0. The van der Waals surface area contributed by atoms with E-state index in [1.165, 1.54) is 12.6 Å². The van der Waals surface area contributed by atoms with Crippen molar-refractivity contribution in [2.75, 3.05) is 0 Å². The predicted molar refractivity (Wildman–Crippen MR) is 52.4 cm³/mol. The van der Waals surface area contributed by atoms with Crippen LogP contribution in [-0.4, -0.2) is 4.98 Å². The lowest BCUT2D eigenvalue weighted by molar-refractivity contribution is 0.344. The van der Waals surface area contributed by atoms with Gasteiger partial charge in [0.05, 0.1) is 11.1 Å². The molecule has 0 aliphatic heterocycles. The minimum Gasteiger partial charge on any atom is -0.422 e. The normalized spacial score (nSPS) is 9.12. The summed E-state index contributed by atoms with van der Waals surface area (Å²) in [5.41, 5.74) is 0.547. The van der Waals surface area contributed by atoms with Crippen molar-refractivity contribution in [3.8, 4) is 23.8 Å². The average Bonchev–Trinajstić information content (AvgIpc) is 2.82. The van der Waals surface area contributed by atoms with Crippen LogP contribution in [0.25, 0.3) is 0 Å². The maximum atomic E-state index is 8.88. The maximum absolute atomic E-state index is 8.88. The Balaban J connectivity index is 2.47. The number of aromatic nitrogens is 1. The van der Waals surface area contributed by atoms with Gasteiger partial charge in [0.15, 0.2) is 12.1 Å². The number of para-hydroxylation sites is 1. The fourth-order valence-electron chi connectivity index (χ4n) is 1.18. The molecular weight excluding hydrogens is 206 g/mol. The number of oxazole rings is 1. The Labute approximate surface area is 91.1 Å². The van der Waals surface area contributed by atoms with Crippen molar-refractivity contribution in [2.24, 2.45) is 0 Å². The summed E-state index contributed by atoms with van der Waals surface area (Å²) in [7, 11) is 0. The Morgan fingerprint density at radius 1 is 1.19 bits per heavy atom. The van der Waals surface area contributed by atoms with Gasteiger partial charge in [-0.25, -0.2) is 4.98 Å². The van der Waals surface area contributed by atoms with E-state index < -0.39 is 0 Å². The molecule has 1 heterocycles.